The molecule has 0 saturated heterocycles. The molecule has 3 amide bonds. The van der Waals surface area contributed by atoms with E-state index < -0.39 is 12.2 Å². The first-order valence-electron chi connectivity index (χ1n) is 10.0. The number of aryl methyl sites for hydroxylation is 1. The number of hydrogen-bond acceptors (Lipinski definition) is 4. The first kappa shape index (κ1) is 20.6. The van der Waals surface area contributed by atoms with Gasteiger partial charge in [0.15, 0.2) is 6.17 Å². The molecule has 0 radical (unpaired) electrons. The maximum atomic E-state index is 13.2. The summed E-state index contributed by atoms with van der Waals surface area (Å²) in [4.78, 5) is 27.7. The van der Waals surface area contributed by atoms with Crippen LogP contribution in [0.15, 0.2) is 78.9 Å². The molecule has 158 valence electrons. The number of carbonyl (C=O) groups is 2. The fraction of sp³-hybridized carbons (Fsp3) is 0.167. The molecule has 0 spiro atoms. The number of nitrogens with one attached hydrogen (secondary N) is 2. The van der Waals surface area contributed by atoms with E-state index in [-0.39, 0.29) is 11.9 Å². The second-order valence-electron chi connectivity index (χ2n) is 7.56. The largest absolute Gasteiger partial charge is 0.337 e. The number of anilines is 2. The lowest BCUT2D eigenvalue weighted by atomic mass is 9.97. The normalized spacial score (nSPS) is 18.2. The summed E-state index contributed by atoms with van der Waals surface area (Å²) < 4.78 is 0. The summed E-state index contributed by atoms with van der Waals surface area (Å²) in [5, 5.41) is 7.07. The number of hydrogen-bond donors (Lipinski definition) is 3. The number of carbonyl (C=O) groups excluding carboxylic acids is 2. The molecule has 1 aliphatic heterocycles. The van der Waals surface area contributed by atoms with Crippen molar-refractivity contribution in [3.8, 4) is 0 Å². The fourth-order valence-electron chi connectivity index (χ4n) is 3.79. The van der Waals surface area contributed by atoms with Crippen molar-refractivity contribution >= 4 is 23.3 Å². The van der Waals surface area contributed by atoms with Gasteiger partial charge in [-0.25, -0.2) is 15.6 Å². The van der Waals surface area contributed by atoms with Crippen LogP contribution in [0.2, 0.25) is 0 Å². The van der Waals surface area contributed by atoms with E-state index in [4.69, 9.17) is 5.84 Å². The molecule has 2 atom stereocenters. The minimum absolute atomic E-state index is 0.281. The van der Waals surface area contributed by atoms with Gasteiger partial charge >= 0.3 is 6.03 Å². The predicted octanol–water partition coefficient (Wildman–Crippen LogP) is 3.07. The molecule has 0 saturated carbocycles. The van der Waals surface area contributed by atoms with Crippen LogP contribution in [0.1, 0.15) is 22.7 Å². The van der Waals surface area contributed by atoms with Crippen molar-refractivity contribution in [2.75, 3.05) is 17.0 Å². The van der Waals surface area contributed by atoms with Gasteiger partial charge in [-0.2, -0.15) is 0 Å². The first-order valence-corrected chi connectivity index (χ1v) is 10.0. The van der Waals surface area contributed by atoms with E-state index in [1.54, 1.807) is 24.1 Å². The highest BCUT2D eigenvalue weighted by Gasteiger charge is 2.35. The second-order valence-corrected chi connectivity index (χ2v) is 7.56. The van der Waals surface area contributed by atoms with Crippen LogP contribution in [0.4, 0.5) is 16.2 Å². The van der Waals surface area contributed by atoms with E-state index >= 15 is 0 Å². The number of benzene rings is 3. The Kier molecular flexibility index (Phi) is 5.70. The molecule has 7 nitrogen and oxygen atoms in total. The van der Waals surface area contributed by atoms with Gasteiger partial charge < -0.3 is 10.2 Å². The minimum Gasteiger partial charge on any atom is -0.312 e. The van der Waals surface area contributed by atoms with Gasteiger partial charge in [0.25, 0.3) is 5.91 Å². The van der Waals surface area contributed by atoms with Gasteiger partial charge in [0.05, 0.1) is 11.7 Å². The molecule has 0 aromatic heterocycles. The van der Waals surface area contributed by atoms with Crippen LogP contribution in [0.3, 0.4) is 0 Å². The van der Waals surface area contributed by atoms with E-state index in [1.807, 2.05) is 73.7 Å². The van der Waals surface area contributed by atoms with Crippen LogP contribution in [-0.2, 0) is 4.79 Å². The third-order valence-corrected chi connectivity index (χ3v) is 5.42. The Hall–Kier alpha value is -3.68. The monoisotopic (exact) mass is 415 g/mol. The smallest absolute Gasteiger partial charge is 0.312 e. The number of nitrogens with two attached hydrogens (primary N) is 1. The predicted molar refractivity (Wildman–Crippen MR) is 121 cm³/mol. The zero-order valence-electron chi connectivity index (χ0n) is 17.4. The average Bonchev–Trinajstić information content (AvgIpc) is 2.90. The highest BCUT2D eigenvalue weighted by molar-refractivity contribution is 6.01. The van der Waals surface area contributed by atoms with Gasteiger partial charge in [-0.1, -0.05) is 60.7 Å². The van der Waals surface area contributed by atoms with Crippen LogP contribution in [0.25, 0.3) is 0 Å². The van der Waals surface area contributed by atoms with Crippen LogP contribution < -0.4 is 26.4 Å². The van der Waals surface area contributed by atoms with Gasteiger partial charge in [0.1, 0.15) is 0 Å². The van der Waals surface area contributed by atoms with Crippen LogP contribution in [-0.4, -0.2) is 25.2 Å². The molecule has 4 N–H and O–H groups in total. The Labute approximate surface area is 181 Å². The molecule has 0 bridgehead atoms. The van der Waals surface area contributed by atoms with Crippen LogP contribution in [0.5, 0.6) is 0 Å². The first-order chi connectivity index (χ1) is 15.0. The molecule has 1 heterocycles. The van der Waals surface area contributed by atoms with E-state index in [0.717, 1.165) is 27.4 Å². The zero-order valence-corrected chi connectivity index (χ0v) is 17.4. The molecular weight excluding hydrogens is 390 g/mol. The molecule has 2 unspecified atom stereocenters. The summed E-state index contributed by atoms with van der Waals surface area (Å²) >= 11 is 0. The standard InChI is InChI=1S/C24H25N5O2/c1-16-9-8-12-18(15-16)29(25)24(31)27-22-23(30)28(2)20-14-7-6-13-19(20)21(26-22)17-10-4-3-5-11-17/h3-15,21-22,26H,25H2,1-2H3,(H,27,31). The number of hydrazine groups is 1. The number of likely N-dealkylation sites (N-methyl/N-ethyl adjacent to an activating group) is 1. The Morgan fingerprint density at radius 1 is 1.03 bits per heavy atom. The van der Waals surface area contributed by atoms with Gasteiger partial charge in [0.2, 0.25) is 0 Å². The highest BCUT2D eigenvalue weighted by atomic mass is 16.2. The SMILES string of the molecule is Cc1cccc(N(N)C(=O)NC2NC(c3ccccc3)c3ccccc3N(C)C2=O)c1. The lowest BCUT2D eigenvalue weighted by Gasteiger charge is -2.26. The summed E-state index contributed by atoms with van der Waals surface area (Å²) in [6, 6.07) is 23.9. The van der Waals surface area contributed by atoms with Crippen molar-refractivity contribution in [1.82, 2.24) is 10.6 Å². The maximum Gasteiger partial charge on any atom is 0.337 e. The lowest BCUT2D eigenvalue weighted by Crippen LogP contribution is -2.58. The summed E-state index contributed by atoms with van der Waals surface area (Å²) in [5.74, 6) is 5.76. The molecule has 31 heavy (non-hydrogen) atoms. The Morgan fingerprint density at radius 2 is 1.74 bits per heavy atom. The average molecular weight is 415 g/mol. The van der Waals surface area contributed by atoms with Crippen molar-refractivity contribution < 1.29 is 9.59 Å². The molecule has 4 rings (SSSR count). The Balaban J connectivity index is 1.65. The lowest BCUT2D eigenvalue weighted by molar-refractivity contribution is -0.120. The highest BCUT2D eigenvalue weighted by Crippen LogP contribution is 2.33. The summed E-state index contributed by atoms with van der Waals surface area (Å²) in [6.07, 6.45) is -0.967. The fourth-order valence-corrected chi connectivity index (χ4v) is 3.79. The topological polar surface area (TPSA) is 90.7 Å². The van der Waals surface area contributed by atoms with Crippen molar-refractivity contribution in [3.05, 3.63) is 95.6 Å². The van der Waals surface area contributed by atoms with Gasteiger partial charge in [-0.3, -0.25) is 10.1 Å². The number of nitrogens with zero attached hydrogens (tertiary/aromatic N) is 2. The quantitative estimate of drug-likeness (QED) is 0.348. The number of amides is 3. The third kappa shape index (κ3) is 4.14. The molecule has 7 heteroatoms. The summed E-state index contributed by atoms with van der Waals surface area (Å²) in [5.41, 5.74) is 4.23. The van der Waals surface area contributed by atoms with Gasteiger partial charge in [-0.05, 0) is 41.8 Å². The molecule has 0 fully saturated rings. The van der Waals surface area contributed by atoms with Crippen LogP contribution >= 0.6 is 0 Å². The van der Waals surface area contributed by atoms with Crippen molar-refractivity contribution in [1.29, 1.82) is 0 Å². The molecule has 3 aromatic carbocycles. The summed E-state index contributed by atoms with van der Waals surface area (Å²) in [7, 11) is 1.70. The number of para-hydroxylation sites is 1. The number of rotatable bonds is 3. The molecule has 1 aliphatic rings. The number of urea groups is 1. The second kappa shape index (κ2) is 8.59. The Morgan fingerprint density at radius 3 is 2.48 bits per heavy atom. The zero-order chi connectivity index (χ0) is 22.0. The van der Waals surface area contributed by atoms with Gasteiger partial charge in [-0.15, -0.1) is 0 Å². The van der Waals surface area contributed by atoms with Crippen LogP contribution in [0, 0.1) is 6.92 Å². The van der Waals surface area contributed by atoms with Crippen molar-refractivity contribution in [2.24, 2.45) is 5.84 Å². The minimum atomic E-state index is -0.967. The third-order valence-electron chi connectivity index (χ3n) is 5.42. The van der Waals surface area contributed by atoms with E-state index in [1.165, 1.54) is 0 Å². The van der Waals surface area contributed by atoms with Gasteiger partial charge in [0, 0.05) is 12.7 Å². The maximum absolute atomic E-state index is 13.2. The summed E-state index contributed by atoms with van der Waals surface area (Å²) in [6.45, 7) is 1.92. The molecule has 3 aromatic rings. The van der Waals surface area contributed by atoms with E-state index in [2.05, 4.69) is 10.6 Å². The van der Waals surface area contributed by atoms with E-state index in [0.29, 0.717) is 5.69 Å². The molecular formula is C24H25N5O2. The molecule has 0 aliphatic carbocycles. The number of fused-ring (bicyclic) bond motifs is 1. The van der Waals surface area contributed by atoms with Crippen molar-refractivity contribution in [2.45, 2.75) is 19.1 Å². The van der Waals surface area contributed by atoms with E-state index in [9.17, 15) is 9.59 Å². The Bertz CT molecular complexity index is 1100. The van der Waals surface area contributed by atoms with Crippen molar-refractivity contribution in [3.63, 3.8) is 0 Å².